The van der Waals surface area contributed by atoms with Crippen LogP contribution in [0.4, 0.5) is 5.82 Å². The minimum atomic E-state index is -0.0408. The van der Waals surface area contributed by atoms with Gasteiger partial charge in [-0.05, 0) is 49.5 Å². The van der Waals surface area contributed by atoms with Crippen molar-refractivity contribution < 1.29 is 9.90 Å². The lowest BCUT2D eigenvalue weighted by molar-refractivity contribution is -0.129. The summed E-state index contributed by atoms with van der Waals surface area (Å²) in [7, 11) is 0. The normalized spacial score (nSPS) is 17.7. The van der Waals surface area contributed by atoms with Crippen LogP contribution in [-0.4, -0.2) is 63.1 Å². The smallest absolute Gasteiger partial charge is 0.246 e. The Labute approximate surface area is 229 Å². The van der Waals surface area contributed by atoms with Gasteiger partial charge in [0.1, 0.15) is 11.9 Å². The number of fused-ring (bicyclic) bond motifs is 1. The van der Waals surface area contributed by atoms with Crippen molar-refractivity contribution in [2.45, 2.75) is 45.1 Å². The molecule has 1 saturated carbocycles. The van der Waals surface area contributed by atoms with E-state index in [0.29, 0.717) is 43.4 Å². The summed E-state index contributed by atoms with van der Waals surface area (Å²) in [6.07, 6.45) is 9.28. The number of nitrogens with zero attached hydrogens (tertiary/aromatic N) is 6. The monoisotopic (exact) mass is 522 g/mol. The molecule has 39 heavy (non-hydrogen) atoms. The van der Waals surface area contributed by atoms with Gasteiger partial charge < -0.3 is 14.9 Å². The summed E-state index contributed by atoms with van der Waals surface area (Å²) in [4.78, 5) is 31.5. The molecular weight excluding hydrogens is 488 g/mol. The molecule has 2 aliphatic rings. The van der Waals surface area contributed by atoms with E-state index in [-0.39, 0.29) is 24.5 Å². The number of anilines is 1. The van der Waals surface area contributed by atoms with E-state index in [0.717, 1.165) is 46.4 Å². The molecule has 0 spiro atoms. The van der Waals surface area contributed by atoms with Crippen LogP contribution in [0.3, 0.4) is 0 Å². The summed E-state index contributed by atoms with van der Waals surface area (Å²) < 4.78 is 0. The topological polar surface area (TPSA) is 106 Å². The number of carbonyl (C=O) groups excluding carboxylic acids is 1. The van der Waals surface area contributed by atoms with E-state index in [2.05, 4.69) is 41.4 Å². The van der Waals surface area contributed by atoms with Gasteiger partial charge in [-0.25, -0.2) is 9.97 Å². The predicted octanol–water partition coefficient (Wildman–Crippen LogP) is 4.70. The van der Waals surface area contributed by atoms with E-state index in [4.69, 9.17) is 10.1 Å². The van der Waals surface area contributed by atoms with Crippen LogP contribution in [0.25, 0.3) is 28.2 Å². The molecule has 1 atom stereocenters. The summed E-state index contributed by atoms with van der Waals surface area (Å²) in [5, 5.41) is 19.3. The van der Waals surface area contributed by atoms with Gasteiger partial charge in [-0.1, -0.05) is 38.6 Å². The number of nitriles is 1. The SMILES string of the molecule is C=Cc1cnc2c(-c3cc(C#N)c(N4CCN(C(=O)/C=C/CCO)C(C(C)C)C4)nc3C3CC3)cccc2n1. The highest BCUT2D eigenvalue weighted by molar-refractivity contribution is 5.93. The number of aliphatic hydroxyl groups excluding tert-OH is 1. The number of benzene rings is 1. The van der Waals surface area contributed by atoms with Crippen molar-refractivity contribution >= 4 is 28.8 Å². The molecule has 8 heteroatoms. The third-order valence-electron chi connectivity index (χ3n) is 7.53. The maximum absolute atomic E-state index is 12.9. The zero-order valence-electron chi connectivity index (χ0n) is 22.5. The molecule has 1 saturated heterocycles. The molecule has 1 amide bonds. The zero-order chi connectivity index (χ0) is 27.5. The van der Waals surface area contributed by atoms with Crippen LogP contribution >= 0.6 is 0 Å². The highest BCUT2D eigenvalue weighted by atomic mass is 16.2. The van der Waals surface area contributed by atoms with Crippen LogP contribution in [0, 0.1) is 17.2 Å². The second kappa shape index (κ2) is 11.3. The summed E-state index contributed by atoms with van der Waals surface area (Å²) in [5.74, 6) is 1.23. The quantitative estimate of drug-likeness (QED) is 0.428. The molecule has 3 aromatic rings. The van der Waals surface area contributed by atoms with Crippen molar-refractivity contribution in [1.82, 2.24) is 19.9 Å². The van der Waals surface area contributed by atoms with Crippen molar-refractivity contribution in [2.75, 3.05) is 31.1 Å². The number of aromatic nitrogens is 3. The van der Waals surface area contributed by atoms with Crippen LogP contribution in [0.2, 0.25) is 0 Å². The number of rotatable bonds is 8. The largest absolute Gasteiger partial charge is 0.396 e. The van der Waals surface area contributed by atoms with Gasteiger partial charge in [-0.15, -0.1) is 0 Å². The lowest BCUT2D eigenvalue weighted by Gasteiger charge is -2.43. The molecular formula is C31H34N6O2. The van der Waals surface area contributed by atoms with Crippen LogP contribution in [-0.2, 0) is 4.79 Å². The molecule has 0 radical (unpaired) electrons. The number of pyridine rings is 1. The summed E-state index contributed by atoms with van der Waals surface area (Å²) >= 11 is 0. The predicted molar refractivity (Wildman–Crippen MR) is 153 cm³/mol. The van der Waals surface area contributed by atoms with Gasteiger partial charge in [0.25, 0.3) is 0 Å². The Morgan fingerprint density at radius 1 is 1.26 bits per heavy atom. The minimum absolute atomic E-state index is 0.0187. The first kappa shape index (κ1) is 26.5. The first-order valence-corrected chi connectivity index (χ1v) is 13.6. The van der Waals surface area contributed by atoms with E-state index in [1.54, 1.807) is 24.4 Å². The third-order valence-corrected chi connectivity index (χ3v) is 7.53. The average molecular weight is 523 g/mol. The average Bonchev–Trinajstić information content (AvgIpc) is 3.81. The molecule has 1 unspecified atom stereocenters. The molecule has 5 rings (SSSR count). The van der Waals surface area contributed by atoms with Gasteiger partial charge in [0.15, 0.2) is 0 Å². The lowest BCUT2D eigenvalue weighted by atomic mass is 9.96. The Morgan fingerprint density at radius 3 is 2.77 bits per heavy atom. The maximum atomic E-state index is 12.9. The molecule has 2 fully saturated rings. The van der Waals surface area contributed by atoms with Crippen LogP contribution < -0.4 is 4.90 Å². The number of hydrogen-bond acceptors (Lipinski definition) is 7. The fraction of sp³-hybridized carbons (Fsp3) is 0.387. The Balaban J connectivity index is 1.52. The van der Waals surface area contributed by atoms with Crippen molar-refractivity contribution in [1.29, 1.82) is 5.26 Å². The lowest BCUT2D eigenvalue weighted by Crippen LogP contribution is -2.57. The number of para-hydroxylation sites is 1. The van der Waals surface area contributed by atoms with E-state index >= 15 is 0 Å². The Morgan fingerprint density at radius 2 is 2.08 bits per heavy atom. The second-order valence-corrected chi connectivity index (χ2v) is 10.6. The van der Waals surface area contributed by atoms with Crippen molar-refractivity contribution in [2.24, 2.45) is 5.92 Å². The summed E-state index contributed by atoms with van der Waals surface area (Å²) in [6.45, 7) is 9.79. The first-order chi connectivity index (χ1) is 18.9. The highest BCUT2D eigenvalue weighted by Gasteiger charge is 2.35. The van der Waals surface area contributed by atoms with E-state index in [1.807, 2.05) is 29.2 Å². The molecule has 0 bridgehead atoms. The fourth-order valence-electron chi connectivity index (χ4n) is 5.30. The molecule has 2 aromatic heterocycles. The van der Waals surface area contributed by atoms with Crippen LogP contribution in [0.15, 0.2) is 49.2 Å². The van der Waals surface area contributed by atoms with E-state index in [9.17, 15) is 10.1 Å². The maximum Gasteiger partial charge on any atom is 0.246 e. The van der Waals surface area contributed by atoms with Crippen molar-refractivity contribution in [3.63, 3.8) is 0 Å². The van der Waals surface area contributed by atoms with Gasteiger partial charge in [-0.3, -0.25) is 9.78 Å². The van der Waals surface area contributed by atoms with Crippen molar-refractivity contribution in [3.05, 3.63) is 66.1 Å². The summed E-state index contributed by atoms with van der Waals surface area (Å²) in [5.41, 5.74) is 5.66. The number of amides is 1. The molecule has 1 aliphatic heterocycles. The standard InChI is InChI=1S/C31H34N6O2/c1-4-23-18-33-30-24(8-7-9-26(30)34-23)25-16-22(17-32)31(35-29(25)21-11-12-21)36-13-14-37(27(19-36)20(2)3)28(39)10-5-6-15-38/h4-5,7-10,16,18,20-21,27,38H,1,6,11-15,19H2,2-3H3/b10-5+. The van der Waals surface area contributed by atoms with Gasteiger partial charge in [0.2, 0.25) is 5.91 Å². The van der Waals surface area contributed by atoms with Crippen molar-refractivity contribution in [3.8, 4) is 17.2 Å². The molecule has 8 nitrogen and oxygen atoms in total. The first-order valence-electron chi connectivity index (χ1n) is 13.6. The number of carbonyl (C=O) groups is 1. The van der Waals surface area contributed by atoms with Crippen LogP contribution in [0.1, 0.15) is 56.0 Å². The Bertz CT molecular complexity index is 1470. The fourth-order valence-corrected chi connectivity index (χ4v) is 5.30. The van der Waals surface area contributed by atoms with E-state index < -0.39 is 0 Å². The molecule has 200 valence electrons. The number of piperazine rings is 1. The minimum Gasteiger partial charge on any atom is -0.396 e. The molecule has 1 aliphatic carbocycles. The number of aliphatic hydroxyl groups is 1. The van der Waals surface area contributed by atoms with Crippen LogP contribution in [0.5, 0.6) is 0 Å². The molecule has 1 aromatic carbocycles. The molecule has 3 heterocycles. The highest BCUT2D eigenvalue weighted by Crippen LogP contribution is 2.46. The van der Waals surface area contributed by atoms with E-state index in [1.165, 1.54) is 0 Å². The number of hydrogen-bond donors (Lipinski definition) is 1. The summed E-state index contributed by atoms with van der Waals surface area (Å²) in [6, 6.07) is 10.3. The van der Waals surface area contributed by atoms with Gasteiger partial charge in [0, 0.05) is 43.3 Å². The Hall–Kier alpha value is -4.09. The molecule has 1 N–H and O–H groups in total. The third kappa shape index (κ3) is 5.41. The van der Waals surface area contributed by atoms with Gasteiger partial charge >= 0.3 is 0 Å². The van der Waals surface area contributed by atoms with Gasteiger partial charge in [-0.2, -0.15) is 5.26 Å². The van der Waals surface area contributed by atoms with Gasteiger partial charge in [0.05, 0.1) is 40.2 Å². The second-order valence-electron chi connectivity index (χ2n) is 10.6. The Kier molecular flexibility index (Phi) is 7.71. The zero-order valence-corrected chi connectivity index (χ0v) is 22.5.